The van der Waals surface area contributed by atoms with Crippen molar-refractivity contribution in [3.63, 3.8) is 0 Å². The predicted molar refractivity (Wildman–Crippen MR) is 111 cm³/mol. The third-order valence-electron chi connectivity index (χ3n) is 4.14. The molecule has 1 amide bonds. The highest BCUT2D eigenvalue weighted by molar-refractivity contribution is 7.98. The first kappa shape index (κ1) is 20.7. The van der Waals surface area contributed by atoms with Crippen molar-refractivity contribution in [3.8, 4) is 5.75 Å². The summed E-state index contributed by atoms with van der Waals surface area (Å²) in [4.78, 5) is 12.3. The van der Waals surface area contributed by atoms with Crippen molar-refractivity contribution < 1.29 is 9.53 Å². The maximum absolute atomic E-state index is 12.3. The van der Waals surface area contributed by atoms with Gasteiger partial charge < -0.3 is 10.1 Å². The normalized spacial score (nSPS) is 11.8. The molecule has 2 rings (SSSR count). The van der Waals surface area contributed by atoms with E-state index in [0.29, 0.717) is 23.7 Å². The third kappa shape index (κ3) is 6.26. The Hall–Kier alpha value is -1.65. The topological polar surface area (TPSA) is 38.3 Å². The van der Waals surface area contributed by atoms with Crippen LogP contribution in [-0.4, -0.2) is 24.3 Å². The molecule has 140 valence electrons. The number of halogens is 1. The van der Waals surface area contributed by atoms with Crippen molar-refractivity contribution in [2.45, 2.75) is 39.0 Å². The highest BCUT2D eigenvalue weighted by atomic mass is 35.5. The molecule has 26 heavy (non-hydrogen) atoms. The van der Waals surface area contributed by atoms with Crippen LogP contribution in [0.1, 0.15) is 30.0 Å². The van der Waals surface area contributed by atoms with Gasteiger partial charge in [0.15, 0.2) is 6.10 Å². The van der Waals surface area contributed by atoms with Crippen molar-refractivity contribution in [1.29, 1.82) is 0 Å². The first-order chi connectivity index (χ1) is 12.5. The number of benzene rings is 2. The van der Waals surface area contributed by atoms with Gasteiger partial charge in [-0.2, -0.15) is 11.8 Å². The van der Waals surface area contributed by atoms with Crippen LogP contribution in [0.25, 0.3) is 0 Å². The summed E-state index contributed by atoms with van der Waals surface area (Å²) in [5.41, 5.74) is 3.59. The standard InChI is InChI=1S/C21H26ClNO2S/c1-4-20(25-18-9-10-19(22)16(3)13-18)21(24)23-11-12-26-14-17-8-6-5-7-15(17)2/h5-10,13,20H,4,11-12,14H2,1-3H3,(H,23,24)/t20-/m0/s1. The molecule has 0 aromatic heterocycles. The molecule has 0 aliphatic heterocycles. The summed E-state index contributed by atoms with van der Waals surface area (Å²) in [6.07, 6.45) is 0.126. The smallest absolute Gasteiger partial charge is 0.261 e. The first-order valence-corrected chi connectivity index (χ1v) is 10.4. The molecule has 0 saturated heterocycles. The average molecular weight is 392 g/mol. The number of hydrogen-bond acceptors (Lipinski definition) is 3. The Morgan fingerprint density at radius 3 is 2.65 bits per heavy atom. The number of carbonyl (C=O) groups excluding carboxylic acids is 1. The molecule has 2 aromatic rings. The lowest BCUT2D eigenvalue weighted by Gasteiger charge is -2.18. The minimum absolute atomic E-state index is 0.0726. The Kier molecular flexibility index (Phi) is 8.33. The summed E-state index contributed by atoms with van der Waals surface area (Å²) in [6.45, 7) is 6.62. The van der Waals surface area contributed by atoms with Crippen molar-refractivity contribution in [2.75, 3.05) is 12.3 Å². The molecule has 0 bridgehead atoms. The molecule has 1 atom stereocenters. The minimum atomic E-state index is -0.489. The number of rotatable bonds is 9. The molecule has 0 spiro atoms. The SMILES string of the molecule is CC[C@H](Oc1ccc(Cl)c(C)c1)C(=O)NCCSCc1ccccc1C. The summed E-state index contributed by atoms with van der Waals surface area (Å²) in [5, 5.41) is 3.66. The number of nitrogens with one attached hydrogen (secondary N) is 1. The molecule has 0 aliphatic carbocycles. The highest BCUT2D eigenvalue weighted by Gasteiger charge is 2.18. The van der Waals surface area contributed by atoms with E-state index >= 15 is 0 Å². The molecule has 0 radical (unpaired) electrons. The molecule has 0 saturated carbocycles. The van der Waals surface area contributed by atoms with Crippen LogP contribution in [0, 0.1) is 13.8 Å². The monoisotopic (exact) mass is 391 g/mol. The Labute approximate surface area is 165 Å². The highest BCUT2D eigenvalue weighted by Crippen LogP contribution is 2.22. The van der Waals surface area contributed by atoms with E-state index in [4.69, 9.17) is 16.3 Å². The predicted octanol–water partition coefficient (Wildman–Crippen LogP) is 5.16. The van der Waals surface area contributed by atoms with Gasteiger partial charge in [-0.15, -0.1) is 0 Å². The van der Waals surface area contributed by atoms with Crippen molar-refractivity contribution in [3.05, 3.63) is 64.2 Å². The van der Waals surface area contributed by atoms with Crippen LogP contribution in [0.5, 0.6) is 5.75 Å². The molecule has 0 fully saturated rings. The average Bonchev–Trinajstić information content (AvgIpc) is 2.63. The van der Waals surface area contributed by atoms with Crippen molar-refractivity contribution in [1.82, 2.24) is 5.32 Å². The van der Waals surface area contributed by atoms with Gasteiger partial charge >= 0.3 is 0 Å². The summed E-state index contributed by atoms with van der Waals surface area (Å²) in [7, 11) is 0. The Balaban J connectivity index is 1.74. The van der Waals surface area contributed by atoms with E-state index in [-0.39, 0.29) is 5.91 Å². The van der Waals surface area contributed by atoms with Gasteiger partial charge in [0.05, 0.1) is 0 Å². The van der Waals surface area contributed by atoms with Crippen LogP contribution in [-0.2, 0) is 10.5 Å². The molecule has 2 aromatic carbocycles. The summed E-state index contributed by atoms with van der Waals surface area (Å²) < 4.78 is 5.83. The lowest BCUT2D eigenvalue weighted by Crippen LogP contribution is -2.39. The molecular formula is C21H26ClNO2S. The summed E-state index contributed by atoms with van der Waals surface area (Å²) in [6, 6.07) is 13.8. The third-order valence-corrected chi connectivity index (χ3v) is 5.57. The van der Waals surface area contributed by atoms with Crippen molar-refractivity contribution >= 4 is 29.3 Å². The number of amides is 1. The molecule has 5 heteroatoms. The Morgan fingerprint density at radius 1 is 1.19 bits per heavy atom. The zero-order chi connectivity index (χ0) is 18.9. The fourth-order valence-corrected chi connectivity index (χ4v) is 3.54. The number of hydrogen-bond donors (Lipinski definition) is 1. The zero-order valence-electron chi connectivity index (χ0n) is 15.5. The van der Waals surface area contributed by atoms with E-state index in [1.54, 1.807) is 12.1 Å². The number of ether oxygens (including phenoxy) is 1. The quantitative estimate of drug-likeness (QED) is 0.599. The summed E-state index contributed by atoms with van der Waals surface area (Å²) >= 11 is 7.85. The van der Waals surface area contributed by atoms with E-state index in [9.17, 15) is 4.79 Å². The second kappa shape index (κ2) is 10.5. The maximum atomic E-state index is 12.3. The van der Waals surface area contributed by atoms with Gasteiger partial charge in [0.1, 0.15) is 5.75 Å². The lowest BCUT2D eigenvalue weighted by molar-refractivity contribution is -0.127. The minimum Gasteiger partial charge on any atom is -0.481 e. The number of aryl methyl sites for hydroxylation is 2. The van der Waals surface area contributed by atoms with Gasteiger partial charge in [0, 0.05) is 23.1 Å². The lowest BCUT2D eigenvalue weighted by atomic mass is 10.1. The van der Waals surface area contributed by atoms with Crippen LogP contribution in [0.3, 0.4) is 0 Å². The van der Waals surface area contributed by atoms with Crippen LogP contribution in [0.4, 0.5) is 0 Å². The fourth-order valence-electron chi connectivity index (χ4n) is 2.49. The molecule has 0 aliphatic rings. The Morgan fingerprint density at radius 2 is 1.96 bits per heavy atom. The fraction of sp³-hybridized carbons (Fsp3) is 0.381. The second-order valence-electron chi connectivity index (χ2n) is 6.20. The summed E-state index contributed by atoms with van der Waals surface area (Å²) in [5.74, 6) is 2.43. The van der Waals surface area contributed by atoms with E-state index in [1.165, 1.54) is 11.1 Å². The largest absolute Gasteiger partial charge is 0.481 e. The van der Waals surface area contributed by atoms with Gasteiger partial charge in [0.25, 0.3) is 5.91 Å². The van der Waals surface area contributed by atoms with E-state index in [1.807, 2.05) is 31.7 Å². The molecule has 0 unspecified atom stereocenters. The number of carbonyl (C=O) groups is 1. The van der Waals surface area contributed by atoms with Crippen LogP contribution >= 0.6 is 23.4 Å². The first-order valence-electron chi connectivity index (χ1n) is 8.84. The Bertz CT molecular complexity index is 736. The van der Waals surface area contributed by atoms with E-state index < -0.39 is 6.10 Å². The van der Waals surface area contributed by atoms with Crippen molar-refractivity contribution in [2.24, 2.45) is 0 Å². The molecule has 3 nitrogen and oxygen atoms in total. The molecule has 0 heterocycles. The second-order valence-corrected chi connectivity index (χ2v) is 7.71. The van der Waals surface area contributed by atoms with E-state index in [0.717, 1.165) is 17.1 Å². The van der Waals surface area contributed by atoms with Gasteiger partial charge in [-0.25, -0.2) is 0 Å². The van der Waals surface area contributed by atoms with Gasteiger partial charge in [-0.1, -0.05) is 42.8 Å². The van der Waals surface area contributed by atoms with E-state index in [2.05, 4.69) is 36.5 Å². The zero-order valence-corrected chi connectivity index (χ0v) is 17.1. The number of thioether (sulfide) groups is 1. The van der Waals surface area contributed by atoms with Crippen LogP contribution in [0.15, 0.2) is 42.5 Å². The maximum Gasteiger partial charge on any atom is 0.261 e. The van der Waals surface area contributed by atoms with Crippen LogP contribution in [0.2, 0.25) is 5.02 Å². The van der Waals surface area contributed by atoms with Gasteiger partial charge in [0.2, 0.25) is 0 Å². The molecular weight excluding hydrogens is 366 g/mol. The van der Waals surface area contributed by atoms with Gasteiger partial charge in [-0.3, -0.25) is 4.79 Å². The molecule has 1 N–H and O–H groups in total. The van der Waals surface area contributed by atoms with Crippen LogP contribution < -0.4 is 10.1 Å². The van der Waals surface area contributed by atoms with Gasteiger partial charge in [-0.05, 0) is 55.2 Å².